The van der Waals surface area contributed by atoms with Gasteiger partial charge in [-0.1, -0.05) is 151 Å². The van der Waals surface area contributed by atoms with Crippen molar-refractivity contribution in [2.24, 2.45) is 0 Å². The van der Waals surface area contributed by atoms with Crippen LogP contribution in [-0.2, 0) is 0 Å². The van der Waals surface area contributed by atoms with Crippen molar-refractivity contribution in [3.63, 3.8) is 0 Å². The van der Waals surface area contributed by atoms with E-state index in [1.165, 1.54) is 0 Å². The van der Waals surface area contributed by atoms with E-state index in [2.05, 4.69) is 0 Å². The maximum Gasteiger partial charge on any atom is 0.143 e. The van der Waals surface area contributed by atoms with Crippen LogP contribution in [0, 0.1) is 0 Å². The maximum absolute atomic E-state index is 9.45. The minimum Gasteiger partial charge on any atom is -0.455 e. The van der Waals surface area contributed by atoms with Crippen molar-refractivity contribution in [2.45, 2.75) is 0 Å². The summed E-state index contributed by atoms with van der Waals surface area (Å²) < 4.78 is 177. The third kappa shape index (κ3) is 3.58. The lowest BCUT2D eigenvalue weighted by Gasteiger charge is -2.17. The number of benzene rings is 8. The van der Waals surface area contributed by atoms with Crippen molar-refractivity contribution >= 4 is 54.3 Å². The summed E-state index contributed by atoms with van der Waals surface area (Å²) in [5.41, 5.74) is -2.52. The van der Waals surface area contributed by atoms with E-state index in [1.54, 1.807) is 30.3 Å². The molecule has 0 radical (unpaired) electrons. The molecule has 9 aromatic rings. The highest BCUT2D eigenvalue weighted by molar-refractivity contribution is 6.25. The van der Waals surface area contributed by atoms with E-state index in [4.69, 9.17) is 19.5 Å². The second-order valence-electron chi connectivity index (χ2n) is 9.79. The predicted molar refractivity (Wildman–Crippen MR) is 183 cm³/mol. The SMILES string of the molecule is [2H]c1c([2H])c([2H])c(-c2c3c([2H])c([2H])c([2H])c([2H])c3c(-c3c([2H])c([2H])c([2H])c4c3oc3c([2H])c([2H])c([2H])c(-c5cccc6ccccc56)c34)c3c([2H])c([2H])c([2H])c([2H])c23)c([2H])c1[2H]. The van der Waals surface area contributed by atoms with Crippen LogP contribution in [0.25, 0.3) is 87.6 Å². The highest BCUT2D eigenvalue weighted by Crippen LogP contribution is 2.47. The van der Waals surface area contributed by atoms with Gasteiger partial charge in [-0.3, -0.25) is 0 Å². The van der Waals surface area contributed by atoms with Crippen molar-refractivity contribution in [2.75, 3.05) is 0 Å². The molecule has 43 heavy (non-hydrogen) atoms. The molecule has 9 rings (SSSR count). The first kappa shape index (κ1) is 11.9. The molecule has 0 saturated carbocycles. The Kier molecular flexibility index (Phi) is 2.61. The van der Waals surface area contributed by atoms with Crippen LogP contribution >= 0.6 is 0 Å². The van der Waals surface area contributed by atoms with Crippen molar-refractivity contribution in [1.29, 1.82) is 0 Å². The van der Waals surface area contributed by atoms with E-state index >= 15 is 0 Å². The summed E-state index contributed by atoms with van der Waals surface area (Å²) >= 11 is 0. The first-order valence-electron chi connectivity index (χ1n) is 22.7. The van der Waals surface area contributed by atoms with Crippen LogP contribution in [0.3, 0.4) is 0 Å². The lowest BCUT2D eigenvalue weighted by molar-refractivity contribution is 0.670. The second-order valence-corrected chi connectivity index (χ2v) is 9.79. The van der Waals surface area contributed by atoms with Gasteiger partial charge in [-0.2, -0.15) is 0 Å². The molecule has 0 aliphatic heterocycles. The summed E-state index contributed by atoms with van der Waals surface area (Å²) in [5.74, 6) is 0. The molecule has 8 aromatic carbocycles. The normalized spacial score (nSPS) is 17.9. The van der Waals surface area contributed by atoms with Crippen LogP contribution in [0.2, 0.25) is 0 Å². The first-order chi connectivity index (χ1) is 29.3. The summed E-state index contributed by atoms with van der Waals surface area (Å²) in [5, 5.41) is -1.10. The van der Waals surface area contributed by atoms with Gasteiger partial charge in [-0.05, 0) is 60.6 Å². The Balaban J connectivity index is 1.63. The Labute approximate surface area is 275 Å². The van der Waals surface area contributed by atoms with Gasteiger partial charge in [0.1, 0.15) is 11.2 Å². The molecule has 0 aliphatic carbocycles. The Bertz CT molecular complexity index is 3460. The molecule has 1 nitrogen and oxygen atoms in total. The van der Waals surface area contributed by atoms with E-state index in [9.17, 15) is 11.0 Å². The third-order valence-electron chi connectivity index (χ3n) is 7.56. The van der Waals surface area contributed by atoms with Gasteiger partial charge in [-0.15, -0.1) is 0 Å². The monoisotopic (exact) mass is 565 g/mol. The van der Waals surface area contributed by atoms with E-state index in [-0.39, 0.29) is 21.9 Å². The van der Waals surface area contributed by atoms with Crippen LogP contribution in [0.5, 0.6) is 0 Å². The maximum atomic E-state index is 9.45. The fourth-order valence-corrected chi connectivity index (χ4v) is 5.80. The lowest BCUT2D eigenvalue weighted by atomic mass is 9.85. The average Bonchev–Trinajstić information content (AvgIpc) is 3.65. The molecular formula is C42H26O. The van der Waals surface area contributed by atoms with Crippen LogP contribution in [0.15, 0.2) is 162 Å². The van der Waals surface area contributed by atoms with Gasteiger partial charge in [0.25, 0.3) is 0 Å². The topological polar surface area (TPSA) is 13.1 Å². The average molecular weight is 566 g/mol. The van der Waals surface area contributed by atoms with Crippen molar-refractivity contribution in [3.8, 4) is 33.4 Å². The molecule has 0 bridgehead atoms. The molecule has 200 valence electrons. The quantitative estimate of drug-likeness (QED) is 0.194. The second kappa shape index (κ2) is 9.44. The molecule has 0 N–H and O–H groups in total. The number of fused-ring (bicyclic) bond motifs is 6. The Hall–Kier alpha value is -5.66. The minimum atomic E-state index is -0.852. The molecule has 0 aliphatic rings. The Morgan fingerprint density at radius 3 is 1.79 bits per heavy atom. The largest absolute Gasteiger partial charge is 0.455 e. The molecule has 0 spiro atoms. The predicted octanol–water partition coefficient (Wildman–Crippen LogP) is 12.0. The van der Waals surface area contributed by atoms with Crippen LogP contribution in [0.4, 0.5) is 0 Å². The highest BCUT2D eigenvalue weighted by Gasteiger charge is 2.21. The summed E-state index contributed by atoms with van der Waals surface area (Å²) in [6, 6.07) is -2.31. The van der Waals surface area contributed by atoms with Gasteiger partial charge < -0.3 is 4.42 Å². The number of furan rings is 1. The van der Waals surface area contributed by atoms with Gasteiger partial charge in [0.15, 0.2) is 0 Å². The smallest absolute Gasteiger partial charge is 0.143 e. The minimum absolute atomic E-state index is 0.0446. The van der Waals surface area contributed by atoms with E-state index in [1.807, 2.05) is 12.1 Å². The van der Waals surface area contributed by atoms with Gasteiger partial charge >= 0.3 is 0 Å². The fourth-order valence-electron chi connectivity index (χ4n) is 5.80. The van der Waals surface area contributed by atoms with Crippen molar-refractivity contribution in [3.05, 3.63) is 157 Å². The molecule has 0 amide bonds. The van der Waals surface area contributed by atoms with Crippen LogP contribution in [-0.4, -0.2) is 0 Å². The van der Waals surface area contributed by atoms with E-state index in [0.717, 1.165) is 5.39 Å². The molecule has 0 atom stereocenters. The molecule has 0 fully saturated rings. The zero-order valence-corrected chi connectivity index (χ0v) is 21.9. The summed E-state index contributed by atoms with van der Waals surface area (Å²) in [7, 11) is 0. The van der Waals surface area contributed by atoms with Gasteiger partial charge in [0, 0.05) is 21.9 Å². The Morgan fingerprint density at radius 1 is 0.419 bits per heavy atom. The number of hydrogen-bond donors (Lipinski definition) is 0. The molecule has 0 saturated heterocycles. The van der Waals surface area contributed by atoms with Gasteiger partial charge in [0.2, 0.25) is 0 Å². The Morgan fingerprint density at radius 2 is 1.02 bits per heavy atom. The number of rotatable bonds is 3. The zero-order chi connectivity index (χ0) is 44.9. The highest BCUT2D eigenvalue weighted by atomic mass is 16.3. The van der Waals surface area contributed by atoms with Crippen LogP contribution < -0.4 is 0 Å². The van der Waals surface area contributed by atoms with Crippen molar-refractivity contribution < 1.29 is 30.5 Å². The molecule has 1 aromatic heterocycles. The number of hydrogen-bond acceptors (Lipinski definition) is 1. The molecular weight excluding hydrogens is 520 g/mol. The zero-order valence-electron chi connectivity index (χ0n) is 40.9. The summed E-state index contributed by atoms with van der Waals surface area (Å²) in [6.45, 7) is 0. The number of para-hydroxylation sites is 1. The van der Waals surface area contributed by atoms with E-state index < -0.39 is 164 Å². The van der Waals surface area contributed by atoms with Gasteiger partial charge in [0.05, 0.1) is 26.0 Å². The first-order valence-corrected chi connectivity index (χ1v) is 13.2. The summed E-state index contributed by atoms with van der Waals surface area (Å²) in [6.07, 6.45) is 0. The molecule has 0 unspecified atom stereocenters. The third-order valence-corrected chi connectivity index (χ3v) is 7.56. The summed E-state index contributed by atoms with van der Waals surface area (Å²) in [4.78, 5) is 0. The lowest BCUT2D eigenvalue weighted by Crippen LogP contribution is -1.91. The van der Waals surface area contributed by atoms with Gasteiger partial charge in [-0.25, -0.2) is 0 Å². The molecule has 1 heteroatoms. The standard InChI is InChI=1S/C42H26O/c1-2-14-28(15-3-1)39-32-18-6-8-20-34(32)40(35-21-9-7-19-33(35)39)36-24-11-25-37-41-31(23-12-26-38(41)43-42(36)37)30-22-10-16-27-13-4-5-17-29(27)30/h1-26H/i1D,2D,3D,6D,7D,8D,9D,11D,12D,14D,15D,18D,19D,20D,21D,23D,24D,25D,26D. The molecule has 1 heterocycles. The van der Waals surface area contributed by atoms with E-state index in [0.29, 0.717) is 10.9 Å². The fraction of sp³-hybridized carbons (Fsp3) is 0. The van der Waals surface area contributed by atoms with Crippen molar-refractivity contribution in [1.82, 2.24) is 0 Å². The van der Waals surface area contributed by atoms with Crippen LogP contribution in [0.1, 0.15) is 26.0 Å².